The molecule has 3 rings (SSSR count). The van der Waals surface area contributed by atoms with E-state index in [1.165, 1.54) is 165 Å². The highest BCUT2D eigenvalue weighted by Gasteiger charge is 2.44. The third kappa shape index (κ3) is 38.6. The SMILES string of the molecule is CCCCCC(C)NC(C)CCCCC.CCCCCC(C)NC(C)CCCCC.CCCCCC(C)NC(C)CCCCC.Nc1nc2c(ncn2[C@@H]2O[C@H](CO)[C@@H](O)[C@H]2O)c(=O)[nH]1.O=P(O)(O)OP(=O)(O)O. The molecular formula is C52H110N8O12P2. The second kappa shape index (κ2) is 44.0. The van der Waals surface area contributed by atoms with Crippen molar-refractivity contribution in [3.05, 3.63) is 16.7 Å². The van der Waals surface area contributed by atoms with Gasteiger partial charge < -0.3 is 61.3 Å². The number of H-pyrrole nitrogens is 1. The fraction of sp³-hybridized carbons (Fsp3) is 0.904. The molecule has 0 bridgehead atoms. The molecule has 0 amide bonds. The van der Waals surface area contributed by atoms with Crippen LogP contribution in [0, 0.1) is 0 Å². The second-order valence-corrected chi connectivity index (χ2v) is 23.1. The second-order valence-electron chi connectivity index (χ2n) is 20.4. The molecule has 0 aliphatic carbocycles. The maximum atomic E-state index is 11.7. The third-order valence-electron chi connectivity index (χ3n) is 12.6. The molecule has 74 heavy (non-hydrogen) atoms. The Morgan fingerprint density at radius 1 is 0.608 bits per heavy atom. The Balaban J connectivity index is 0. The van der Waals surface area contributed by atoms with Crippen LogP contribution in [0.25, 0.3) is 11.2 Å². The van der Waals surface area contributed by atoms with E-state index < -0.39 is 52.4 Å². The zero-order valence-electron chi connectivity index (χ0n) is 48.0. The Labute approximate surface area is 446 Å². The summed E-state index contributed by atoms with van der Waals surface area (Å²) < 4.78 is 28.9. The number of rotatable bonds is 34. The summed E-state index contributed by atoms with van der Waals surface area (Å²) in [5, 5.41) is 39.8. The number of nitrogen functional groups attached to an aromatic ring is 1. The topological polar surface area (TPSA) is 320 Å². The molecule has 3 heterocycles. The fourth-order valence-electron chi connectivity index (χ4n) is 8.54. The lowest BCUT2D eigenvalue weighted by Crippen LogP contribution is -2.34. The summed E-state index contributed by atoms with van der Waals surface area (Å²) in [4.78, 5) is 52.8. The molecule has 0 radical (unpaired) electrons. The van der Waals surface area contributed by atoms with E-state index in [1.807, 2.05) is 0 Å². The molecule has 1 aliphatic rings. The third-order valence-corrected chi connectivity index (χ3v) is 14.3. The number of ether oxygens (including phenoxy) is 1. The van der Waals surface area contributed by atoms with Crippen molar-refractivity contribution in [3.8, 4) is 0 Å². The highest BCUT2D eigenvalue weighted by Crippen LogP contribution is 2.53. The van der Waals surface area contributed by atoms with E-state index in [2.05, 4.69) is 118 Å². The summed E-state index contributed by atoms with van der Waals surface area (Å²) in [5.74, 6) is -0.101. The fourth-order valence-corrected chi connectivity index (χ4v) is 9.65. The van der Waals surface area contributed by atoms with Crippen LogP contribution in [0.2, 0.25) is 0 Å². The first-order valence-corrected chi connectivity index (χ1v) is 31.4. The van der Waals surface area contributed by atoms with Crippen LogP contribution >= 0.6 is 15.6 Å². The van der Waals surface area contributed by atoms with Gasteiger partial charge in [-0.2, -0.15) is 9.29 Å². The number of nitrogens with two attached hydrogens (primary N) is 1. The molecule has 22 heteroatoms. The minimum Gasteiger partial charge on any atom is -0.394 e. The summed E-state index contributed by atoms with van der Waals surface area (Å²) in [7, 11) is -10.1. The zero-order chi connectivity index (χ0) is 56.7. The van der Waals surface area contributed by atoms with Crippen LogP contribution in [-0.2, 0) is 18.2 Å². The molecule has 0 aromatic carbocycles. The van der Waals surface area contributed by atoms with Crippen molar-refractivity contribution in [2.24, 2.45) is 0 Å². The van der Waals surface area contributed by atoms with Gasteiger partial charge in [-0.3, -0.25) is 14.3 Å². The summed E-state index contributed by atoms with van der Waals surface area (Å²) in [6, 6.07) is 4.21. The van der Waals surface area contributed by atoms with Crippen LogP contribution in [0.3, 0.4) is 0 Å². The molecule has 2 aromatic rings. The minimum absolute atomic E-state index is 0.0388. The van der Waals surface area contributed by atoms with E-state index in [9.17, 15) is 24.1 Å². The monoisotopic (exact) mass is 1100 g/mol. The largest absolute Gasteiger partial charge is 0.478 e. The Hall–Kier alpha value is -1.87. The standard InChI is InChI=1S/3C14H31N.C10H13N5O5.H4O7P2/c3*1-5-7-9-11-13(3)15-14(4)12-10-8-6-2;11-10-13-7-4(8(19)14-10)12-2-15(7)9-6(18)5(17)3(1-16)20-9;1-8(2,3)7-9(4,5)6/h3*13-15H,5-12H2,1-4H3;2-3,5-6,9,16-18H,1H2,(H3,11,13,14,19);(H2,1,2,3)(H2,4,5,6)/t;;;3-,5-,6-,9-;/m...1./s1. The molecule has 1 aliphatic heterocycles. The van der Waals surface area contributed by atoms with Crippen molar-refractivity contribution in [2.75, 3.05) is 12.3 Å². The number of hydrogen-bond acceptors (Lipinski definition) is 14. The molecule has 0 spiro atoms. The number of imidazole rings is 1. The van der Waals surface area contributed by atoms with E-state index in [-0.39, 0.29) is 17.1 Å². The maximum Gasteiger partial charge on any atom is 0.478 e. The van der Waals surface area contributed by atoms with Gasteiger partial charge in [-0.05, 0) is 80.1 Å². The predicted molar refractivity (Wildman–Crippen MR) is 302 cm³/mol. The summed E-state index contributed by atoms with van der Waals surface area (Å²) in [6.07, 6.45) is 29.4. The van der Waals surface area contributed by atoms with Gasteiger partial charge in [-0.15, -0.1) is 0 Å². The number of hydrogen-bond donors (Lipinski definition) is 12. The Morgan fingerprint density at radius 2 is 0.919 bits per heavy atom. The normalized spacial score (nSPS) is 19.1. The lowest BCUT2D eigenvalue weighted by molar-refractivity contribution is -0.0511. The first-order valence-electron chi connectivity index (χ1n) is 28.3. The molecule has 440 valence electrons. The smallest absolute Gasteiger partial charge is 0.394 e. The van der Waals surface area contributed by atoms with Gasteiger partial charge in [0.05, 0.1) is 12.9 Å². The van der Waals surface area contributed by atoms with Crippen LogP contribution in [0.4, 0.5) is 5.95 Å². The summed E-state index contributed by atoms with van der Waals surface area (Å²) >= 11 is 0. The maximum absolute atomic E-state index is 11.7. The quantitative estimate of drug-likeness (QED) is 0.0229. The zero-order valence-corrected chi connectivity index (χ0v) is 49.8. The minimum atomic E-state index is -5.05. The van der Waals surface area contributed by atoms with Gasteiger partial charge in [-0.1, -0.05) is 157 Å². The number of aliphatic hydroxyl groups is 3. The Morgan fingerprint density at radius 3 is 1.16 bits per heavy atom. The number of nitrogens with one attached hydrogen (secondary N) is 4. The van der Waals surface area contributed by atoms with Crippen LogP contribution in [0.5, 0.6) is 0 Å². The number of anilines is 1. The first kappa shape index (κ1) is 74.2. The molecule has 10 atom stereocenters. The van der Waals surface area contributed by atoms with Crippen molar-refractivity contribution in [1.82, 2.24) is 35.5 Å². The highest BCUT2D eigenvalue weighted by molar-refractivity contribution is 7.60. The van der Waals surface area contributed by atoms with Crippen molar-refractivity contribution >= 4 is 32.8 Å². The number of fused-ring (bicyclic) bond motifs is 1. The highest BCUT2D eigenvalue weighted by atomic mass is 31.3. The molecule has 13 N–H and O–H groups in total. The van der Waals surface area contributed by atoms with E-state index in [1.54, 1.807) is 0 Å². The van der Waals surface area contributed by atoms with Crippen molar-refractivity contribution < 1.29 is 53.1 Å². The average Bonchev–Trinajstić information content (AvgIpc) is 3.85. The van der Waals surface area contributed by atoms with Gasteiger partial charge in [0.15, 0.2) is 17.4 Å². The number of aromatic amines is 1. The molecule has 1 saturated heterocycles. The number of unbranched alkanes of at least 4 members (excludes halogenated alkanes) is 12. The Bertz CT molecular complexity index is 1650. The molecule has 0 saturated carbocycles. The number of nitrogens with zero attached hydrogens (tertiary/aromatic N) is 3. The van der Waals surface area contributed by atoms with Crippen LogP contribution in [0.1, 0.15) is 243 Å². The summed E-state index contributed by atoms with van der Waals surface area (Å²) in [5.41, 5.74) is 5.12. The molecule has 20 nitrogen and oxygen atoms in total. The van der Waals surface area contributed by atoms with E-state index >= 15 is 0 Å². The van der Waals surface area contributed by atoms with Crippen molar-refractivity contribution in [3.63, 3.8) is 0 Å². The lowest BCUT2D eigenvalue weighted by atomic mass is 10.1. The number of aromatic nitrogens is 4. The van der Waals surface area contributed by atoms with Gasteiger partial charge in [0.25, 0.3) is 5.56 Å². The van der Waals surface area contributed by atoms with Crippen molar-refractivity contribution in [1.29, 1.82) is 0 Å². The van der Waals surface area contributed by atoms with Gasteiger partial charge in [0.2, 0.25) is 5.95 Å². The van der Waals surface area contributed by atoms with E-state index in [4.69, 9.17) is 35.2 Å². The van der Waals surface area contributed by atoms with Gasteiger partial charge >= 0.3 is 15.6 Å². The number of aliphatic hydroxyl groups excluding tert-OH is 3. The van der Waals surface area contributed by atoms with Crippen LogP contribution < -0.4 is 27.2 Å². The number of phosphoric acid groups is 2. The van der Waals surface area contributed by atoms with E-state index in [0.717, 1.165) is 0 Å². The predicted octanol–water partition coefficient (Wildman–Crippen LogP) is 10.0. The average molecular weight is 1100 g/mol. The molecule has 6 unspecified atom stereocenters. The molecule has 2 aromatic heterocycles. The van der Waals surface area contributed by atoms with Gasteiger partial charge in [0.1, 0.15) is 18.3 Å². The Kier molecular flexibility index (Phi) is 44.2. The lowest BCUT2D eigenvalue weighted by Gasteiger charge is -2.19. The van der Waals surface area contributed by atoms with Crippen LogP contribution in [-0.4, -0.2) is 116 Å². The van der Waals surface area contributed by atoms with Crippen LogP contribution in [0.15, 0.2) is 11.1 Å². The first-order chi connectivity index (χ1) is 34.8. The van der Waals surface area contributed by atoms with Gasteiger partial charge in [0, 0.05) is 36.3 Å². The van der Waals surface area contributed by atoms with E-state index in [0.29, 0.717) is 36.3 Å². The van der Waals surface area contributed by atoms with Gasteiger partial charge in [-0.25, -0.2) is 14.1 Å². The summed E-state index contributed by atoms with van der Waals surface area (Å²) in [6.45, 7) is 27.1. The molecular weight excluding hydrogens is 991 g/mol. The molecule has 1 fully saturated rings. The van der Waals surface area contributed by atoms with Crippen molar-refractivity contribution in [2.45, 2.75) is 298 Å².